The van der Waals surface area contributed by atoms with Crippen molar-refractivity contribution in [2.75, 3.05) is 0 Å². The summed E-state index contributed by atoms with van der Waals surface area (Å²) in [6.07, 6.45) is 45.8. The number of aliphatic carboxylic acids is 1. The van der Waals surface area contributed by atoms with Gasteiger partial charge in [-0.15, -0.1) is 0 Å². The molecular formula is C42H82O4. The van der Waals surface area contributed by atoms with Gasteiger partial charge < -0.3 is 9.84 Å². The lowest BCUT2D eigenvalue weighted by Gasteiger charge is -2.18. The molecule has 0 saturated carbocycles. The van der Waals surface area contributed by atoms with Crippen LogP contribution in [0.5, 0.6) is 0 Å². The average Bonchev–Trinajstić information content (AvgIpc) is 3.04. The summed E-state index contributed by atoms with van der Waals surface area (Å²) in [5.41, 5.74) is 0. The quantitative estimate of drug-likeness (QED) is 0.0531. The van der Waals surface area contributed by atoms with E-state index in [9.17, 15) is 9.59 Å². The number of carbonyl (C=O) groups excluding carboxylic acids is 1. The van der Waals surface area contributed by atoms with Gasteiger partial charge in [0.15, 0.2) is 0 Å². The molecule has 46 heavy (non-hydrogen) atoms. The van der Waals surface area contributed by atoms with Gasteiger partial charge in [-0.1, -0.05) is 200 Å². The molecule has 0 aromatic rings. The summed E-state index contributed by atoms with van der Waals surface area (Å²) in [4.78, 5) is 23.2. The fourth-order valence-corrected chi connectivity index (χ4v) is 6.72. The highest BCUT2D eigenvalue weighted by Crippen LogP contribution is 2.19. The third-order valence-corrected chi connectivity index (χ3v) is 9.83. The number of carbonyl (C=O) groups is 2. The van der Waals surface area contributed by atoms with E-state index in [4.69, 9.17) is 9.84 Å². The predicted octanol–water partition coefficient (Wildman–Crippen LogP) is 14.5. The molecule has 0 aliphatic rings. The summed E-state index contributed by atoms with van der Waals surface area (Å²) >= 11 is 0. The van der Waals surface area contributed by atoms with Crippen LogP contribution in [-0.2, 0) is 14.3 Å². The first kappa shape index (κ1) is 44.9. The maximum absolute atomic E-state index is 12.6. The van der Waals surface area contributed by atoms with Crippen LogP contribution in [0, 0.1) is 0 Å². The van der Waals surface area contributed by atoms with Gasteiger partial charge in [-0.2, -0.15) is 0 Å². The van der Waals surface area contributed by atoms with Crippen LogP contribution in [0.15, 0.2) is 0 Å². The van der Waals surface area contributed by atoms with E-state index < -0.39 is 5.97 Å². The summed E-state index contributed by atoms with van der Waals surface area (Å²) in [7, 11) is 0. The number of hydrogen-bond acceptors (Lipinski definition) is 3. The minimum Gasteiger partial charge on any atom is -0.481 e. The van der Waals surface area contributed by atoms with Crippen LogP contribution in [0.4, 0.5) is 0 Å². The van der Waals surface area contributed by atoms with Crippen LogP contribution in [0.1, 0.15) is 251 Å². The van der Waals surface area contributed by atoms with Crippen LogP contribution >= 0.6 is 0 Å². The van der Waals surface area contributed by atoms with E-state index in [1.807, 2.05) is 0 Å². The average molecular weight is 651 g/mol. The number of carboxylic acid groups (broad SMARTS) is 1. The van der Waals surface area contributed by atoms with E-state index in [1.54, 1.807) is 0 Å². The summed E-state index contributed by atoms with van der Waals surface area (Å²) in [5, 5.41) is 8.74. The number of hydrogen-bond donors (Lipinski definition) is 1. The molecule has 4 heteroatoms. The van der Waals surface area contributed by atoms with Gasteiger partial charge in [-0.25, -0.2) is 0 Å². The Hall–Kier alpha value is -1.06. The molecule has 0 heterocycles. The Morgan fingerprint density at radius 3 is 0.957 bits per heavy atom. The SMILES string of the molecule is CCCCCCCCCCCCCCCCCCCCCCCC(=O)OC(CCCCCCC)CCCCCCCCCC(=O)O. The molecule has 1 atom stereocenters. The number of unbranched alkanes of at least 4 members (excludes halogenated alkanes) is 30. The van der Waals surface area contributed by atoms with E-state index in [1.165, 1.54) is 173 Å². The minimum atomic E-state index is -0.684. The fraction of sp³-hybridized carbons (Fsp3) is 0.952. The normalized spacial score (nSPS) is 12.0. The Balaban J connectivity index is 3.69. The summed E-state index contributed by atoms with van der Waals surface area (Å²) < 4.78 is 5.99. The lowest BCUT2D eigenvalue weighted by Crippen LogP contribution is -2.18. The molecule has 0 aliphatic heterocycles. The zero-order valence-corrected chi connectivity index (χ0v) is 31.4. The van der Waals surface area contributed by atoms with E-state index in [-0.39, 0.29) is 12.1 Å². The molecule has 0 spiro atoms. The lowest BCUT2D eigenvalue weighted by molar-refractivity contribution is -0.150. The number of esters is 1. The first-order valence-electron chi connectivity index (χ1n) is 21.0. The first-order valence-corrected chi connectivity index (χ1v) is 21.0. The van der Waals surface area contributed by atoms with Gasteiger partial charge in [0.05, 0.1) is 0 Å². The standard InChI is InChI=1S/C42H82O4/c1-3-5-7-9-10-11-12-13-14-15-16-17-18-19-20-21-22-23-27-31-35-39-42(45)46-40(36-32-28-8-6-4-2)37-33-29-25-24-26-30-34-38-41(43)44/h40H,3-39H2,1-2H3,(H,43,44). The molecule has 0 radical (unpaired) electrons. The zero-order chi connectivity index (χ0) is 33.6. The highest BCUT2D eigenvalue weighted by atomic mass is 16.5. The second-order valence-electron chi connectivity index (χ2n) is 14.5. The molecule has 0 rings (SSSR count). The molecule has 0 aliphatic carbocycles. The van der Waals surface area contributed by atoms with Crippen molar-refractivity contribution < 1.29 is 19.4 Å². The van der Waals surface area contributed by atoms with Gasteiger partial charge in [-0.05, 0) is 38.5 Å². The second-order valence-corrected chi connectivity index (χ2v) is 14.5. The largest absolute Gasteiger partial charge is 0.481 e. The number of rotatable bonds is 39. The monoisotopic (exact) mass is 651 g/mol. The van der Waals surface area contributed by atoms with Crippen molar-refractivity contribution in [3.05, 3.63) is 0 Å². The zero-order valence-electron chi connectivity index (χ0n) is 31.4. The Bertz CT molecular complexity index is 619. The van der Waals surface area contributed by atoms with Gasteiger partial charge in [0.2, 0.25) is 0 Å². The van der Waals surface area contributed by atoms with E-state index >= 15 is 0 Å². The first-order chi connectivity index (χ1) is 22.6. The van der Waals surface area contributed by atoms with Crippen LogP contribution in [-0.4, -0.2) is 23.1 Å². The Kier molecular flexibility index (Phi) is 37.5. The third-order valence-electron chi connectivity index (χ3n) is 9.83. The smallest absolute Gasteiger partial charge is 0.306 e. The molecule has 1 unspecified atom stereocenters. The molecule has 0 saturated heterocycles. The maximum Gasteiger partial charge on any atom is 0.306 e. The fourth-order valence-electron chi connectivity index (χ4n) is 6.72. The van der Waals surface area contributed by atoms with Crippen LogP contribution < -0.4 is 0 Å². The van der Waals surface area contributed by atoms with E-state index in [0.29, 0.717) is 12.8 Å². The van der Waals surface area contributed by atoms with Crippen LogP contribution in [0.25, 0.3) is 0 Å². The highest BCUT2D eigenvalue weighted by molar-refractivity contribution is 5.69. The summed E-state index contributed by atoms with van der Waals surface area (Å²) in [6, 6.07) is 0. The van der Waals surface area contributed by atoms with Gasteiger partial charge in [-0.3, -0.25) is 9.59 Å². The van der Waals surface area contributed by atoms with E-state index in [2.05, 4.69) is 13.8 Å². The van der Waals surface area contributed by atoms with Crippen LogP contribution in [0.2, 0.25) is 0 Å². The van der Waals surface area contributed by atoms with Gasteiger partial charge in [0.1, 0.15) is 6.10 Å². The highest BCUT2D eigenvalue weighted by Gasteiger charge is 2.14. The van der Waals surface area contributed by atoms with Gasteiger partial charge in [0.25, 0.3) is 0 Å². The predicted molar refractivity (Wildman–Crippen MR) is 200 cm³/mol. The number of ether oxygens (including phenoxy) is 1. The van der Waals surface area contributed by atoms with Crippen molar-refractivity contribution in [2.45, 2.75) is 258 Å². The third kappa shape index (κ3) is 37.4. The van der Waals surface area contributed by atoms with Crippen molar-refractivity contribution in [2.24, 2.45) is 0 Å². The van der Waals surface area contributed by atoms with Gasteiger partial charge >= 0.3 is 11.9 Å². The molecule has 0 aromatic carbocycles. The van der Waals surface area contributed by atoms with Gasteiger partial charge in [0, 0.05) is 12.8 Å². The second kappa shape index (κ2) is 38.4. The van der Waals surface area contributed by atoms with E-state index in [0.717, 1.165) is 51.4 Å². The van der Waals surface area contributed by atoms with Crippen molar-refractivity contribution in [3.63, 3.8) is 0 Å². The molecule has 1 N–H and O–H groups in total. The maximum atomic E-state index is 12.6. The molecule has 0 aromatic heterocycles. The molecular weight excluding hydrogens is 568 g/mol. The van der Waals surface area contributed by atoms with Crippen molar-refractivity contribution in [1.82, 2.24) is 0 Å². The summed E-state index contributed by atoms with van der Waals surface area (Å²) in [6.45, 7) is 4.54. The van der Waals surface area contributed by atoms with Crippen LogP contribution in [0.3, 0.4) is 0 Å². The molecule has 0 bridgehead atoms. The minimum absolute atomic E-state index is 0.0230. The molecule has 0 fully saturated rings. The Labute approximate surface area is 288 Å². The Morgan fingerprint density at radius 2 is 0.652 bits per heavy atom. The topological polar surface area (TPSA) is 63.6 Å². The van der Waals surface area contributed by atoms with Crippen molar-refractivity contribution in [1.29, 1.82) is 0 Å². The molecule has 4 nitrogen and oxygen atoms in total. The van der Waals surface area contributed by atoms with Crippen molar-refractivity contribution in [3.8, 4) is 0 Å². The Morgan fingerprint density at radius 1 is 0.391 bits per heavy atom. The lowest BCUT2D eigenvalue weighted by atomic mass is 10.0. The van der Waals surface area contributed by atoms with Crippen molar-refractivity contribution >= 4 is 11.9 Å². The molecule has 0 amide bonds. The number of carboxylic acids is 1. The molecule has 274 valence electrons. The summed E-state index contributed by atoms with van der Waals surface area (Å²) in [5.74, 6) is -0.661.